The molecule has 1 N–H and O–H groups in total. The van der Waals surface area contributed by atoms with Crippen LogP contribution in [0.5, 0.6) is 0 Å². The molecular formula is C14H20N4S. The fourth-order valence-corrected chi connectivity index (χ4v) is 3.25. The van der Waals surface area contributed by atoms with Gasteiger partial charge in [-0.25, -0.2) is 0 Å². The van der Waals surface area contributed by atoms with Crippen molar-refractivity contribution in [2.75, 3.05) is 19.6 Å². The highest BCUT2D eigenvalue weighted by atomic mass is 32.1. The fraction of sp³-hybridized carbons (Fsp3) is 0.571. The number of nitrogens with one attached hydrogen (secondary N) is 1. The van der Waals surface area contributed by atoms with E-state index in [1.54, 1.807) is 0 Å². The third-order valence-electron chi connectivity index (χ3n) is 3.84. The zero-order valence-corrected chi connectivity index (χ0v) is 12.1. The van der Waals surface area contributed by atoms with Gasteiger partial charge in [0.1, 0.15) is 0 Å². The summed E-state index contributed by atoms with van der Waals surface area (Å²) in [5, 5.41) is 0. The lowest BCUT2D eigenvalue weighted by molar-refractivity contribution is 0.272. The Balaban J connectivity index is 1.77. The molecule has 0 spiro atoms. The Morgan fingerprint density at radius 3 is 2.95 bits per heavy atom. The number of fused-ring (bicyclic) bond motifs is 1. The van der Waals surface area contributed by atoms with Crippen molar-refractivity contribution in [2.45, 2.75) is 26.3 Å². The fourth-order valence-electron chi connectivity index (χ4n) is 2.97. The predicted octanol–water partition coefficient (Wildman–Crippen LogP) is 2.83. The van der Waals surface area contributed by atoms with E-state index in [1.165, 1.54) is 32.5 Å². The standard InChI is InChI=1S/C14H20N4S/c1-11(9-17-6-2-3-7-17)10-18-13-4-5-15-8-12(13)16-14(18)19/h4-5,8,11H,2-3,6-7,9-10H2,1H3,(H,16,19). The number of hydrogen-bond acceptors (Lipinski definition) is 3. The molecule has 1 fully saturated rings. The van der Waals surface area contributed by atoms with Gasteiger partial charge < -0.3 is 14.5 Å². The highest BCUT2D eigenvalue weighted by Gasteiger charge is 2.16. The zero-order chi connectivity index (χ0) is 13.2. The van der Waals surface area contributed by atoms with Gasteiger partial charge in [-0.1, -0.05) is 6.92 Å². The Bertz CT molecular complexity index is 609. The molecule has 0 aliphatic carbocycles. The summed E-state index contributed by atoms with van der Waals surface area (Å²) in [4.78, 5) is 9.92. The molecule has 3 heterocycles. The van der Waals surface area contributed by atoms with E-state index in [0.29, 0.717) is 5.92 Å². The van der Waals surface area contributed by atoms with E-state index in [9.17, 15) is 0 Å². The second-order valence-corrected chi connectivity index (χ2v) is 5.93. The highest BCUT2D eigenvalue weighted by molar-refractivity contribution is 7.71. The lowest BCUT2D eigenvalue weighted by Crippen LogP contribution is -2.27. The second-order valence-electron chi connectivity index (χ2n) is 5.55. The maximum absolute atomic E-state index is 5.42. The summed E-state index contributed by atoms with van der Waals surface area (Å²) in [7, 11) is 0. The highest BCUT2D eigenvalue weighted by Crippen LogP contribution is 2.16. The summed E-state index contributed by atoms with van der Waals surface area (Å²) in [5.41, 5.74) is 2.19. The van der Waals surface area contributed by atoms with Gasteiger partial charge in [0.2, 0.25) is 0 Å². The predicted molar refractivity (Wildman–Crippen MR) is 79.8 cm³/mol. The number of aromatic amines is 1. The molecule has 5 heteroatoms. The number of rotatable bonds is 4. The van der Waals surface area contributed by atoms with E-state index in [0.717, 1.165) is 22.3 Å². The van der Waals surface area contributed by atoms with Crippen LogP contribution in [-0.2, 0) is 6.54 Å². The van der Waals surface area contributed by atoms with E-state index >= 15 is 0 Å². The smallest absolute Gasteiger partial charge is 0.178 e. The lowest BCUT2D eigenvalue weighted by atomic mass is 10.1. The maximum Gasteiger partial charge on any atom is 0.178 e. The first-order valence-electron chi connectivity index (χ1n) is 6.99. The van der Waals surface area contributed by atoms with Crippen LogP contribution < -0.4 is 0 Å². The van der Waals surface area contributed by atoms with Crippen LogP contribution >= 0.6 is 12.2 Å². The summed E-state index contributed by atoms with van der Waals surface area (Å²) >= 11 is 5.42. The maximum atomic E-state index is 5.42. The van der Waals surface area contributed by atoms with Gasteiger partial charge in [-0.15, -0.1) is 0 Å². The number of pyridine rings is 1. The molecule has 0 saturated carbocycles. The third-order valence-corrected chi connectivity index (χ3v) is 4.16. The molecular weight excluding hydrogens is 256 g/mol. The largest absolute Gasteiger partial charge is 0.329 e. The van der Waals surface area contributed by atoms with Crippen molar-refractivity contribution in [2.24, 2.45) is 5.92 Å². The summed E-state index contributed by atoms with van der Waals surface area (Å²) in [6, 6.07) is 2.03. The summed E-state index contributed by atoms with van der Waals surface area (Å²) < 4.78 is 3.00. The number of nitrogens with zero attached hydrogens (tertiary/aromatic N) is 3. The van der Waals surface area contributed by atoms with Crippen LogP contribution in [0.25, 0.3) is 11.0 Å². The van der Waals surface area contributed by atoms with Gasteiger partial charge in [0.25, 0.3) is 0 Å². The molecule has 1 saturated heterocycles. The van der Waals surface area contributed by atoms with E-state index in [2.05, 4.69) is 26.4 Å². The van der Waals surface area contributed by atoms with Crippen molar-refractivity contribution in [3.63, 3.8) is 0 Å². The second kappa shape index (κ2) is 5.43. The SMILES string of the molecule is CC(CN1CCCC1)Cn1c(=S)[nH]c2cnccc21. The van der Waals surface area contributed by atoms with E-state index in [1.807, 2.05) is 18.5 Å². The van der Waals surface area contributed by atoms with Gasteiger partial charge in [0.05, 0.1) is 17.2 Å². The first kappa shape index (κ1) is 12.8. The van der Waals surface area contributed by atoms with Gasteiger partial charge in [-0.3, -0.25) is 4.98 Å². The van der Waals surface area contributed by atoms with Gasteiger partial charge in [0.15, 0.2) is 4.77 Å². The van der Waals surface area contributed by atoms with Gasteiger partial charge in [0, 0.05) is 19.3 Å². The Morgan fingerprint density at radius 2 is 2.16 bits per heavy atom. The van der Waals surface area contributed by atoms with Crippen LogP contribution in [-0.4, -0.2) is 39.1 Å². The van der Waals surface area contributed by atoms with Crippen LogP contribution in [0.4, 0.5) is 0 Å². The molecule has 3 rings (SSSR count). The summed E-state index contributed by atoms with van der Waals surface area (Å²) in [6.07, 6.45) is 6.37. The van der Waals surface area contributed by atoms with Crippen molar-refractivity contribution in [1.29, 1.82) is 0 Å². The van der Waals surface area contributed by atoms with Crippen LogP contribution in [0.3, 0.4) is 0 Å². The Kier molecular flexibility index (Phi) is 3.66. The molecule has 1 unspecified atom stereocenters. The van der Waals surface area contributed by atoms with Gasteiger partial charge >= 0.3 is 0 Å². The molecule has 102 valence electrons. The first-order valence-corrected chi connectivity index (χ1v) is 7.40. The molecule has 2 aromatic heterocycles. The average molecular weight is 276 g/mol. The Labute approximate surface area is 118 Å². The molecule has 0 amide bonds. The Morgan fingerprint density at radius 1 is 1.37 bits per heavy atom. The zero-order valence-electron chi connectivity index (χ0n) is 11.3. The van der Waals surface area contributed by atoms with Crippen LogP contribution in [0.15, 0.2) is 18.5 Å². The molecule has 1 aliphatic rings. The van der Waals surface area contributed by atoms with Crippen LogP contribution in [0.2, 0.25) is 0 Å². The monoisotopic (exact) mass is 276 g/mol. The van der Waals surface area contributed by atoms with Crippen molar-refractivity contribution < 1.29 is 0 Å². The minimum absolute atomic E-state index is 0.608. The van der Waals surface area contributed by atoms with Crippen molar-refractivity contribution in [3.8, 4) is 0 Å². The third kappa shape index (κ3) is 2.72. The molecule has 2 aromatic rings. The molecule has 0 aromatic carbocycles. The van der Waals surface area contributed by atoms with Gasteiger partial charge in [-0.2, -0.15) is 0 Å². The van der Waals surface area contributed by atoms with E-state index < -0.39 is 0 Å². The van der Waals surface area contributed by atoms with Crippen molar-refractivity contribution >= 4 is 23.3 Å². The lowest BCUT2D eigenvalue weighted by Gasteiger charge is -2.20. The van der Waals surface area contributed by atoms with Crippen LogP contribution in [0, 0.1) is 10.7 Å². The van der Waals surface area contributed by atoms with Gasteiger partial charge in [-0.05, 0) is 50.1 Å². The Hall–Kier alpha value is -1.20. The minimum Gasteiger partial charge on any atom is -0.329 e. The van der Waals surface area contributed by atoms with Crippen molar-refractivity contribution in [3.05, 3.63) is 23.2 Å². The molecule has 4 nitrogen and oxygen atoms in total. The number of aromatic nitrogens is 3. The normalized spacial score (nSPS) is 18.2. The summed E-state index contributed by atoms with van der Waals surface area (Å²) in [6.45, 7) is 6.96. The molecule has 0 radical (unpaired) electrons. The number of likely N-dealkylation sites (tertiary alicyclic amines) is 1. The quantitative estimate of drug-likeness (QED) is 0.872. The molecule has 0 bridgehead atoms. The minimum atomic E-state index is 0.608. The molecule has 19 heavy (non-hydrogen) atoms. The topological polar surface area (TPSA) is 36.9 Å². The number of H-pyrrole nitrogens is 1. The molecule has 1 aliphatic heterocycles. The van der Waals surface area contributed by atoms with Crippen LogP contribution in [0.1, 0.15) is 19.8 Å². The van der Waals surface area contributed by atoms with Crippen molar-refractivity contribution in [1.82, 2.24) is 19.4 Å². The van der Waals surface area contributed by atoms with E-state index in [-0.39, 0.29) is 0 Å². The number of hydrogen-bond donors (Lipinski definition) is 1. The van der Waals surface area contributed by atoms with E-state index in [4.69, 9.17) is 12.2 Å². The average Bonchev–Trinajstić information content (AvgIpc) is 2.99. The molecule has 1 atom stereocenters. The summed E-state index contributed by atoms with van der Waals surface area (Å²) in [5.74, 6) is 0.608. The first-order chi connectivity index (χ1) is 9.24. The number of imidazole rings is 1.